The highest BCUT2D eigenvalue weighted by Crippen LogP contribution is 2.26. The summed E-state index contributed by atoms with van der Waals surface area (Å²) in [4.78, 5) is 11.5. The highest BCUT2D eigenvalue weighted by Gasteiger charge is 2.30. The van der Waals surface area contributed by atoms with Crippen LogP contribution in [0.4, 0.5) is 20.2 Å². The van der Waals surface area contributed by atoms with Gasteiger partial charge < -0.3 is 4.90 Å². The largest absolute Gasteiger partial charge is 0.364 e. The van der Waals surface area contributed by atoms with Crippen molar-refractivity contribution in [1.82, 2.24) is 4.31 Å². The average Bonchev–Trinajstić information content (AvgIpc) is 2.62. The summed E-state index contributed by atoms with van der Waals surface area (Å²) in [6, 6.07) is 8.17. The van der Waals surface area contributed by atoms with Gasteiger partial charge in [-0.2, -0.15) is 4.31 Å². The van der Waals surface area contributed by atoms with Crippen LogP contribution in [-0.4, -0.2) is 43.8 Å². The van der Waals surface area contributed by atoms with Gasteiger partial charge in [-0.1, -0.05) is 6.07 Å². The lowest BCUT2D eigenvalue weighted by atomic mass is 10.2. The zero-order valence-electron chi connectivity index (χ0n) is 13.5. The smallest absolute Gasteiger partial charge is 0.269 e. The molecule has 0 unspecified atom stereocenters. The third kappa shape index (κ3) is 3.37. The van der Waals surface area contributed by atoms with Gasteiger partial charge in [0.05, 0.1) is 9.82 Å². The van der Waals surface area contributed by atoms with E-state index < -0.39 is 26.6 Å². The zero-order valence-corrected chi connectivity index (χ0v) is 14.3. The third-order valence-corrected chi connectivity index (χ3v) is 6.09. The number of anilines is 1. The van der Waals surface area contributed by atoms with Gasteiger partial charge in [-0.3, -0.25) is 10.1 Å². The Kier molecular flexibility index (Phi) is 4.88. The highest BCUT2D eigenvalue weighted by atomic mass is 32.2. The van der Waals surface area contributed by atoms with Crippen LogP contribution >= 0.6 is 0 Å². The van der Waals surface area contributed by atoms with Crippen molar-refractivity contribution in [2.45, 2.75) is 4.90 Å². The summed E-state index contributed by atoms with van der Waals surface area (Å²) in [6.07, 6.45) is 0. The molecular formula is C16H15F2N3O4S. The number of nitro benzene ring substituents is 1. The van der Waals surface area contributed by atoms with Crippen molar-refractivity contribution >= 4 is 21.4 Å². The maximum absolute atomic E-state index is 13.9. The predicted octanol–water partition coefficient (Wildman–Crippen LogP) is 2.38. The van der Waals surface area contributed by atoms with E-state index in [2.05, 4.69) is 0 Å². The standard InChI is InChI=1S/C16H15F2N3O4S/c17-14-2-1-3-15(18)16(14)19-8-10-20(11-9-19)26(24,25)13-6-4-12(5-7-13)21(22)23/h1-7H,8-11H2. The zero-order chi connectivity index (χ0) is 18.9. The number of nitro groups is 1. The van der Waals surface area contributed by atoms with E-state index in [1.54, 1.807) is 0 Å². The van der Waals surface area contributed by atoms with Gasteiger partial charge >= 0.3 is 0 Å². The number of nitrogens with zero attached hydrogens (tertiary/aromatic N) is 3. The lowest BCUT2D eigenvalue weighted by molar-refractivity contribution is -0.384. The number of benzene rings is 2. The fraction of sp³-hybridized carbons (Fsp3) is 0.250. The van der Waals surface area contributed by atoms with E-state index in [-0.39, 0.29) is 42.4 Å². The quantitative estimate of drug-likeness (QED) is 0.598. The molecule has 7 nitrogen and oxygen atoms in total. The fourth-order valence-corrected chi connectivity index (χ4v) is 4.25. The Bertz CT molecular complexity index is 907. The van der Waals surface area contributed by atoms with Crippen LogP contribution < -0.4 is 4.90 Å². The molecule has 0 saturated carbocycles. The minimum atomic E-state index is -3.83. The summed E-state index contributed by atoms with van der Waals surface area (Å²) in [7, 11) is -3.83. The van der Waals surface area contributed by atoms with Crippen LogP contribution in [0.25, 0.3) is 0 Å². The van der Waals surface area contributed by atoms with Crippen LogP contribution in [0.3, 0.4) is 0 Å². The van der Waals surface area contributed by atoms with Gasteiger partial charge in [0, 0.05) is 38.3 Å². The van der Waals surface area contributed by atoms with Crippen molar-refractivity contribution in [3.05, 3.63) is 64.2 Å². The highest BCUT2D eigenvalue weighted by molar-refractivity contribution is 7.89. The minimum absolute atomic E-state index is 0.0487. The van der Waals surface area contributed by atoms with Crippen molar-refractivity contribution in [2.75, 3.05) is 31.1 Å². The summed E-state index contributed by atoms with van der Waals surface area (Å²) in [5.41, 5.74) is -0.372. The molecule has 1 saturated heterocycles. The van der Waals surface area contributed by atoms with Gasteiger partial charge in [0.25, 0.3) is 5.69 Å². The van der Waals surface area contributed by atoms with E-state index in [1.807, 2.05) is 0 Å². The molecule has 3 rings (SSSR count). The Hall–Kier alpha value is -2.59. The van der Waals surface area contributed by atoms with Crippen molar-refractivity contribution in [1.29, 1.82) is 0 Å². The molecule has 2 aromatic rings. The minimum Gasteiger partial charge on any atom is -0.364 e. The number of hydrogen-bond donors (Lipinski definition) is 0. The van der Waals surface area contributed by atoms with Crippen molar-refractivity contribution in [2.24, 2.45) is 0 Å². The normalized spacial score (nSPS) is 15.8. The van der Waals surface area contributed by atoms with Crippen LogP contribution in [0.2, 0.25) is 0 Å². The van der Waals surface area contributed by atoms with Crippen LogP contribution in [0, 0.1) is 21.7 Å². The lowest BCUT2D eigenvalue weighted by Crippen LogP contribution is -2.49. The SMILES string of the molecule is O=[N+]([O-])c1ccc(S(=O)(=O)N2CCN(c3c(F)cccc3F)CC2)cc1. The summed E-state index contributed by atoms with van der Waals surface area (Å²) in [5, 5.41) is 10.7. The number of rotatable bonds is 4. The Morgan fingerprint density at radius 1 is 0.923 bits per heavy atom. The number of hydrogen-bond acceptors (Lipinski definition) is 5. The molecule has 0 spiro atoms. The molecule has 0 amide bonds. The third-order valence-electron chi connectivity index (χ3n) is 4.18. The Morgan fingerprint density at radius 3 is 1.96 bits per heavy atom. The van der Waals surface area contributed by atoms with E-state index in [1.165, 1.54) is 27.4 Å². The van der Waals surface area contributed by atoms with E-state index in [9.17, 15) is 27.3 Å². The number of piperazine rings is 1. The second-order valence-corrected chi connectivity index (χ2v) is 7.65. The Labute approximate surface area is 148 Å². The fourth-order valence-electron chi connectivity index (χ4n) is 2.83. The second kappa shape index (κ2) is 6.96. The van der Waals surface area contributed by atoms with Crippen molar-refractivity contribution in [3.8, 4) is 0 Å². The number of sulfonamides is 1. The van der Waals surface area contributed by atoms with Gasteiger partial charge in [-0.15, -0.1) is 0 Å². The predicted molar refractivity (Wildman–Crippen MR) is 90.4 cm³/mol. The molecule has 138 valence electrons. The van der Waals surface area contributed by atoms with Crippen LogP contribution in [0.1, 0.15) is 0 Å². The van der Waals surface area contributed by atoms with E-state index >= 15 is 0 Å². The lowest BCUT2D eigenvalue weighted by Gasteiger charge is -2.35. The number of halogens is 2. The first-order chi connectivity index (χ1) is 12.3. The first-order valence-corrected chi connectivity index (χ1v) is 9.18. The van der Waals surface area contributed by atoms with Crippen LogP contribution in [-0.2, 0) is 10.0 Å². The van der Waals surface area contributed by atoms with E-state index in [0.29, 0.717) is 0 Å². The molecule has 1 aliphatic rings. The topological polar surface area (TPSA) is 83.8 Å². The molecule has 0 aliphatic carbocycles. The molecule has 10 heteroatoms. The maximum atomic E-state index is 13.9. The molecule has 1 heterocycles. The van der Waals surface area contributed by atoms with Crippen molar-refractivity contribution < 1.29 is 22.1 Å². The van der Waals surface area contributed by atoms with E-state index in [0.717, 1.165) is 24.3 Å². The van der Waals surface area contributed by atoms with Crippen LogP contribution in [0.15, 0.2) is 47.4 Å². The number of non-ortho nitro benzene ring substituents is 1. The molecule has 26 heavy (non-hydrogen) atoms. The molecule has 0 bridgehead atoms. The molecule has 0 aromatic heterocycles. The van der Waals surface area contributed by atoms with Gasteiger partial charge in [0.15, 0.2) is 0 Å². The molecule has 0 radical (unpaired) electrons. The number of para-hydroxylation sites is 1. The van der Waals surface area contributed by atoms with E-state index in [4.69, 9.17) is 0 Å². The monoisotopic (exact) mass is 383 g/mol. The van der Waals surface area contributed by atoms with Gasteiger partial charge in [0.2, 0.25) is 10.0 Å². The second-order valence-electron chi connectivity index (χ2n) is 5.71. The van der Waals surface area contributed by atoms with Crippen LogP contribution in [0.5, 0.6) is 0 Å². The Morgan fingerprint density at radius 2 is 1.46 bits per heavy atom. The summed E-state index contributed by atoms with van der Waals surface area (Å²) in [5.74, 6) is -1.40. The van der Waals surface area contributed by atoms with Gasteiger partial charge in [-0.05, 0) is 24.3 Å². The molecule has 0 atom stereocenters. The molecular weight excluding hydrogens is 368 g/mol. The molecule has 1 aliphatic heterocycles. The van der Waals surface area contributed by atoms with Crippen molar-refractivity contribution in [3.63, 3.8) is 0 Å². The van der Waals surface area contributed by atoms with Gasteiger partial charge in [0.1, 0.15) is 17.3 Å². The average molecular weight is 383 g/mol. The first-order valence-electron chi connectivity index (χ1n) is 7.74. The first kappa shape index (κ1) is 18.2. The van der Waals surface area contributed by atoms with Gasteiger partial charge in [-0.25, -0.2) is 17.2 Å². The molecule has 1 fully saturated rings. The Balaban J connectivity index is 1.75. The maximum Gasteiger partial charge on any atom is 0.269 e. The summed E-state index contributed by atoms with van der Waals surface area (Å²) in [6.45, 7) is 0.355. The summed E-state index contributed by atoms with van der Waals surface area (Å²) >= 11 is 0. The molecule has 2 aromatic carbocycles. The molecule has 0 N–H and O–H groups in total. The summed E-state index contributed by atoms with van der Waals surface area (Å²) < 4.78 is 54.2.